The molecule has 0 atom stereocenters. The lowest BCUT2D eigenvalue weighted by Crippen LogP contribution is -2.05. The van der Waals surface area contributed by atoms with Gasteiger partial charge in [0.15, 0.2) is 0 Å². The molecule has 1 nitrogen and oxygen atoms in total. The maximum Gasteiger partial charge on any atom is 0.0686 e. The molecule has 8 heavy (non-hydrogen) atoms. The summed E-state index contributed by atoms with van der Waals surface area (Å²) in [6, 6.07) is 2.34. The van der Waals surface area contributed by atoms with Crippen LogP contribution in [0.15, 0.2) is 0 Å². The van der Waals surface area contributed by atoms with Crippen molar-refractivity contribution in [2.24, 2.45) is 5.41 Å². The van der Waals surface area contributed by atoms with Gasteiger partial charge in [-0.3, -0.25) is 0 Å². The fraction of sp³-hybridized carbons (Fsp3) is 0.857. The summed E-state index contributed by atoms with van der Waals surface area (Å²) in [5.74, 6) is 0. The Kier molecular flexibility index (Phi) is 1.25. The molecule has 0 unspecified atom stereocenters. The fourth-order valence-electron chi connectivity index (χ4n) is 1.27. The van der Waals surface area contributed by atoms with E-state index in [2.05, 4.69) is 13.0 Å². The molecule has 0 bridgehead atoms. The third-order valence-corrected chi connectivity index (χ3v) is 1.98. The van der Waals surface area contributed by atoms with Gasteiger partial charge in [0.2, 0.25) is 0 Å². The predicted molar refractivity (Wildman–Crippen MR) is 32.2 cm³/mol. The smallest absolute Gasteiger partial charge is 0.0686 e. The molecular formula is C7H11N. The van der Waals surface area contributed by atoms with E-state index < -0.39 is 0 Å². The molecule has 0 aromatic carbocycles. The quantitative estimate of drug-likeness (QED) is 0.467. The third-order valence-electron chi connectivity index (χ3n) is 1.98. The molecule has 1 aliphatic rings. The molecule has 0 spiro atoms. The van der Waals surface area contributed by atoms with Crippen molar-refractivity contribution in [3.05, 3.63) is 0 Å². The second-order valence-corrected chi connectivity index (χ2v) is 2.88. The maximum absolute atomic E-state index is 8.58. The fourth-order valence-corrected chi connectivity index (χ4v) is 1.27. The molecule has 0 aromatic heterocycles. The Bertz CT molecular complexity index is 115. The van der Waals surface area contributed by atoms with Crippen LogP contribution in [-0.4, -0.2) is 0 Å². The monoisotopic (exact) mass is 109 g/mol. The normalized spacial score (nSPS) is 25.0. The van der Waals surface area contributed by atoms with Gasteiger partial charge in [-0.25, -0.2) is 0 Å². The van der Waals surface area contributed by atoms with Crippen molar-refractivity contribution in [1.29, 1.82) is 5.26 Å². The highest BCUT2D eigenvalue weighted by Gasteiger charge is 2.27. The van der Waals surface area contributed by atoms with Gasteiger partial charge in [0.25, 0.3) is 0 Å². The van der Waals surface area contributed by atoms with E-state index in [4.69, 9.17) is 5.26 Å². The molecule has 0 saturated heterocycles. The van der Waals surface area contributed by atoms with E-state index in [0.717, 1.165) is 12.8 Å². The lowest BCUT2D eigenvalue weighted by molar-refractivity contribution is 0.462. The van der Waals surface area contributed by atoms with Gasteiger partial charge in [0.05, 0.1) is 11.5 Å². The third kappa shape index (κ3) is 0.838. The molecule has 0 amide bonds. The molecule has 1 heteroatoms. The maximum atomic E-state index is 8.58. The number of rotatable bonds is 0. The van der Waals surface area contributed by atoms with Crippen molar-refractivity contribution < 1.29 is 0 Å². The van der Waals surface area contributed by atoms with Crippen LogP contribution in [0.4, 0.5) is 0 Å². The lowest BCUT2D eigenvalue weighted by Gasteiger charge is -2.09. The van der Waals surface area contributed by atoms with E-state index in [1.807, 2.05) is 0 Å². The Morgan fingerprint density at radius 2 is 1.88 bits per heavy atom. The highest BCUT2D eigenvalue weighted by atomic mass is 14.4. The average Bonchev–Trinajstić information content (AvgIpc) is 2.17. The van der Waals surface area contributed by atoms with Crippen LogP contribution in [0.3, 0.4) is 0 Å². The van der Waals surface area contributed by atoms with Crippen molar-refractivity contribution in [2.45, 2.75) is 32.6 Å². The highest BCUT2D eigenvalue weighted by Crippen LogP contribution is 2.36. The van der Waals surface area contributed by atoms with Crippen LogP contribution in [0.5, 0.6) is 0 Å². The minimum Gasteiger partial charge on any atom is -0.198 e. The molecule has 0 heterocycles. The van der Waals surface area contributed by atoms with Crippen LogP contribution < -0.4 is 0 Å². The summed E-state index contributed by atoms with van der Waals surface area (Å²) in [5, 5.41) is 8.58. The van der Waals surface area contributed by atoms with Crippen molar-refractivity contribution >= 4 is 0 Å². The Morgan fingerprint density at radius 1 is 1.38 bits per heavy atom. The van der Waals surface area contributed by atoms with E-state index in [1.54, 1.807) is 0 Å². The summed E-state index contributed by atoms with van der Waals surface area (Å²) in [6.07, 6.45) is 4.74. The van der Waals surface area contributed by atoms with Gasteiger partial charge in [-0.2, -0.15) is 5.26 Å². The second-order valence-electron chi connectivity index (χ2n) is 2.88. The number of nitrogens with zero attached hydrogens (tertiary/aromatic N) is 1. The van der Waals surface area contributed by atoms with E-state index in [-0.39, 0.29) is 5.41 Å². The Morgan fingerprint density at radius 3 is 2.12 bits per heavy atom. The summed E-state index contributed by atoms with van der Waals surface area (Å²) in [6.45, 7) is 2.06. The van der Waals surface area contributed by atoms with Crippen molar-refractivity contribution in [3.63, 3.8) is 0 Å². The molecular weight excluding hydrogens is 98.1 g/mol. The summed E-state index contributed by atoms with van der Waals surface area (Å²) in [4.78, 5) is 0. The number of hydrogen-bond acceptors (Lipinski definition) is 1. The van der Waals surface area contributed by atoms with Gasteiger partial charge >= 0.3 is 0 Å². The SMILES string of the molecule is CC1(C#N)CCCC1. The largest absolute Gasteiger partial charge is 0.198 e. The van der Waals surface area contributed by atoms with Crippen LogP contribution in [0.2, 0.25) is 0 Å². The highest BCUT2D eigenvalue weighted by molar-refractivity contribution is 4.98. The lowest BCUT2D eigenvalue weighted by atomic mass is 9.91. The summed E-state index contributed by atoms with van der Waals surface area (Å²) < 4.78 is 0. The number of hydrogen-bond donors (Lipinski definition) is 0. The molecule has 0 radical (unpaired) electrons. The van der Waals surface area contributed by atoms with Crippen LogP contribution in [0.1, 0.15) is 32.6 Å². The number of nitriles is 1. The van der Waals surface area contributed by atoms with Gasteiger partial charge in [0.1, 0.15) is 0 Å². The van der Waals surface area contributed by atoms with Crippen molar-refractivity contribution in [1.82, 2.24) is 0 Å². The molecule has 44 valence electrons. The van der Waals surface area contributed by atoms with Gasteiger partial charge < -0.3 is 0 Å². The van der Waals surface area contributed by atoms with E-state index in [0.29, 0.717) is 0 Å². The first kappa shape index (κ1) is 5.62. The van der Waals surface area contributed by atoms with Crippen LogP contribution in [-0.2, 0) is 0 Å². The summed E-state index contributed by atoms with van der Waals surface area (Å²) in [5.41, 5.74) is 0.0417. The topological polar surface area (TPSA) is 23.8 Å². The van der Waals surface area contributed by atoms with Crippen molar-refractivity contribution in [2.75, 3.05) is 0 Å². The molecule has 1 saturated carbocycles. The van der Waals surface area contributed by atoms with Gasteiger partial charge in [-0.05, 0) is 19.8 Å². The second kappa shape index (κ2) is 1.78. The minimum atomic E-state index is 0.0417. The molecule has 0 aromatic rings. The zero-order valence-electron chi connectivity index (χ0n) is 5.28. The van der Waals surface area contributed by atoms with E-state index >= 15 is 0 Å². The van der Waals surface area contributed by atoms with Gasteiger partial charge in [-0.1, -0.05) is 12.8 Å². The first-order valence-electron chi connectivity index (χ1n) is 3.18. The van der Waals surface area contributed by atoms with Crippen LogP contribution >= 0.6 is 0 Å². The molecule has 0 N–H and O–H groups in total. The van der Waals surface area contributed by atoms with Crippen molar-refractivity contribution in [3.8, 4) is 6.07 Å². The van der Waals surface area contributed by atoms with E-state index in [9.17, 15) is 0 Å². The average molecular weight is 109 g/mol. The standard InChI is InChI=1S/C7H11N/c1-7(6-8)4-2-3-5-7/h2-5H2,1H3. The van der Waals surface area contributed by atoms with Crippen LogP contribution in [0.25, 0.3) is 0 Å². The Labute approximate surface area is 50.3 Å². The Hall–Kier alpha value is -0.510. The summed E-state index contributed by atoms with van der Waals surface area (Å²) in [7, 11) is 0. The predicted octanol–water partition coefficient (Wildman–Crippen LogP) is 2.09. The first-order chi connectivity index (χ1) is 3.77. The first-order valence-corrected chi connectivity index (χ1v) is 3.18. The Balaban J connectivity index is 2.56. The molecule has 0 aliphatic heterocycles. The summed E-state index contributed by atoms with van der Waals surface area (Å²) >= 11 is 0. The van der Waals surface area contributed by atoms with Crippen LogP contribution in [0, 0.1) is 16.7 Å². The zero-order valence-corrected chi connectivity index (χ0v) is 5.28. The molecule has 1 rings (SSSR count). The van der Waals surface area contributed by atoms with Gasteiger partial charge in [0, 0.05) is 0 Å². The molecule has 1 fully saturated rings. The molecule has 1 aliphatic carbocycles. The van der Waals surface area contributed by atoms with E-state index in [1.165, 1.54) is 12.8 Å². The zero-order chi connectivity index (χ0) is 6.04. The van der Waals surface area contributed by atoms with Gasteiger partial charge in [-0.15, -0.1) is 0 Å². The minimum absolute atomic E-state index is 0.0417.